The molecule has 0 saturated heterocycles. The molecular formula is C20H22Cl2O5. The summed E-state index contributed by atoms with van der Waals surface area (Å²) in [5, 5.41) is 1.06. The van der Waals surface area contributed by atoms with Crippen molar-refractivity contribution in [3.05, 3.63) is 57.6 Å². The van der Waals surface area contributed by atoms with Gasteiger partial charge in [0, 0.05) is 35.2 Å². The fraction of sp³-hybridized carbons (Fsp3) is 0.350. The third-order valence-electron chi connectivity index (χ3n) is 3.72. The molecule has 146 valence electrons. The first kappa shape index (κ1) is 21.4. The van der Waals surface area contributed by atoms with Crippen LogP contribution in [0.25, 0.3) is 0 Å². The van der Waals surface area contributed by atoms with Gasteiger partial charge in [0.1, 0.15) is 18.1 Å². The van der Waals surface area contributed by atoms with Crippen LogP contribution in [0.2, 0.25) is 10.0 Å². The molecule has 2 aromatic rings. The van der Waals surface area contributed by atoms with Crippen LogP contribution in [0.4, 0.5) is 0 Å². The van der Waals surface area contributed by atoms with Gasteiger partial charge in [-0.2, -0.15) is 0 Å². The van der Waals surface area contributed by atoms with Crippen LogP contribution in [-0.4, -0.2) is 26.5 Å². The minimum Gasteiger partial charge on any atom is -0.488 e. The number of carbonyl (C=O) groups excluding carboxylic acids is 1. The smallest absolute Gasteiger partial charge is 0.306 e. The first-order valence-corrected chi connectivity index (χ1v) is 9.26. The highest BCUT2D eigenvalue weighted by Crippen LogP contribution is 2.30. The molecule has 0 aromatic heterocycles. The van der Waals surface area contributed by atoms with E-state index < -0.39 is 0 Å². The third-order valence-corrected chi connectivity index (χ3v) is 4.43. The number of halogens is 2. The van der Waals surface area contributed by atoms with Gasteiger partial charge in [-0.1, -0.05) is 35.3 Å². The SMILES string of the molecule is CCOC(=O)CCc1ccc(OCOC)cc1OCc1c(Cl)cccc1Cl. The molecule has 0 bridgehead atoms. The molecule has 7 heteroatoms. The Bertz CT molecular complexity index is 744. The average Bonchev–Trinajstić information content (AvgIpc) is 2.65. The van der Waals surface area contributed by atoms with Crippen LogP contribution in [0.15, 0.2) is 36.4 Å². The molecular weight excluding hydrogens is 391 g/mol. The zero-order valence-corrected chi connectivity index (χ0v) is 16.8. The number of hydrogen-bond acceptors (Lipinski definition) is 5. The quantitative estimate of drug-likeness (QED) is 0.403. The molecule has 0 saturated carbocycles. The highest BCUT2D eigenvalue weighted by Gasteiger charge is 2.12. The lowest BCUT2D eigenvalue weighted by atomic mass is 10.1. The number of rotatable bonds is 10. The first-order valence-electron chi connectivity index (χ1n) is 8.51. The number of methoxy groups -OCH3 is 1. The number of ether oxygens (including phenoxy) is 4. The molecule has 0 atom stereocenters. The van der Waals surface area contributed by atoms with Gasteiger partial charge in [-0.25, -0.2) is 0 Å². The Kier molecular flexibility index (Phi) is 8.72. The number of esters is 1. The maximum Gasteiger partial charge on any atom is 0.306 e. The van der Waals surface area contributed by atoms with Gasteiger partial charge in [0.25, 0.3) is 0 Å². The summed E-state index contributed by atoms with van der Waals surface area (Å²) in [5.74, 6) is 0.929. The van der Waals surface area contributed by atoms with Gasteiger partial charge in [-0.05, 0) is 37.1 Å². The molecule has 5 nitrogen and oxygen atoms in total. The average molecular weight is 413 g/mol. The second-order valence-corrected chi connectivity index (χ2v) is 6.43. The zero-order chi connectivity index (χ0) is 19.6. The van der Waals surface area contributed by atoms with E-state index in [1.165, 1.54) is 0 Å². The molecule has 0 heterocycles. The molecule has 0 unspecified atom stereocenters. The van der Waals surface area contributed by atoms with E-state index >= 15 is 0 Å². The zero-order valence-electron chi connectivity index (χ0n) is 15.3. The fourth-order valence-corrected chi connectivity index (χ4v) is 2.89. The van der Waals surface area contributed by atoms with Crippen LogP contribution in [0, 0.1) is 0 Å². The van der Waals surface area contributed by atoms with Crippen molar-refractivity contribution < 1.29 is 23.7 Å². The van der Waals surface area contributed by atoms with Crippen molar-refractivity contribution in [2.24, 2.45) is 0 Å². The lowest BCUT2D eigenvalue weighted by molar-refractivity contribution is -0.143. The Morgan fingerprint density at radius 1 is 1.07 bits per heavy atom. The van der Waals surface area contributed by atoms with E-state index in [0.29, 0.717) is 40.1 Å². The summed E-state index contributed by atoms with van der Waals surface area (Å²) in [4.78, 5) is 11.7. The van der Waals surface area contributed by atoms with Gasteiger partial charge in [0.2, 0.25) is 0 Å². The highest BCUT2D eigenvalue weighted by molar-refractivity contribution is 6.35. The molecule has 0 N–H and O–H groups in total. The van der Waals surface area contributed by atoms with Gasteiger partial charge in [0.15, 0.2) is 6.79 Å². The predicted octanol–water partition coefficient (Wildman–Crippen LogP) is 5.05. The summed E-state index contributed by atoms with van der Waals surface area (Å²) in [6.07, 6.45) is 0.740. The molecule has 0 aliphatic heterocycles. The Morgan fingerprint density at radius 3 is 2.48 bits per heavy atom. The fourth-order valence-electron chi connectivity index (χ4n) is 2.38. The maximum absolute atomic E-state index is 11.7. The van der Waals surface area contributed by atoms with Crippen molar-refractivity contribution in [2.45, 2.75) is 26.4 Å². The van der Waals surface area contributed by atoms with Crippen molar-refractivity contribution in [1.82, 2.24) is 0 Å². The second kappa shape index (κ2) is 11.0. The van der Waals surface area contributed by atoms with E-state index in [1.807, 2.05) is 6.07 Å². The number of carbonyl (C=O) groups is 1. The lowest BCUT2D eigenvalue weighted by Gasteiger charge is -2.15. The van der Waals surface area contributed by atoms with Crippen LogP contribution < -0.4 is 9.47 Å². The first-order chi connectivity index (χ1) is 13.0. The number of benzene rings is 2. The highest BCUT2D eigenvalue weighted by atomic mass is 35.5. The Morgan fingerprint density at radius 2 is 1.81 bits per heavy atom. The standard InChI is InChI=1S/C20H22Cl2O5/c1-3-25-20(23)10-8-14-7-9-15(27-13-24-2)11-19(14)26-12-16-17(21)5-4-6-18(16)22/h4-7,9,11H,3,8,10,12-13H2,1-2H3. The Labute approximate surface area is 169 Å². The van der Waals surface area contributed by atoms with E-state index in [0.717, 1.165) is 5.56 Å². The molecule has 0 fully saturated rings. The van der Waals surface area contributed by atoms with E-state index in [2.05, 4.69) is 0 Å². The van der Waals surface area contributed by atoms with Crippen molar-refractivity contribution in [1.29, 1.82) is 0 Å². The van der Waals surface area contributed by atoms with Crippen molar-refractivity contribution >= 4 is 29.2 Å². The molecule has 0 spiro atoms. The summed E-state index contributed by atoms with van der Waals surface area (Å²) in [7, 11) is 1.55. The second-order valence-electron chi connectivity index (χ2n) is 5.61. The summed E-state index contributed by atoms with van der Waals surface area (Å²) in [6.45, 7) is 2.45. The van der Waals surface area contributed by atoms with Crippen molar-refractivity contribution in [3.8, 4) is 11.5 Å². The van der Waals surface area contributed by atoms with Gasteiger partial charge in [-0.3, -0.25) is 4.79 Å². The van der Waals surface area contributed by atoms with Gasteiger partial charge < -0.3 is 18.9 Å². The van der Waals surface area contributed by atoms with Crippen molar-refractivity contribution in [2.75, 3.05) is 20.5 Å². The van der Waals surface area contributed by atoms with E-state index in [-0.39, 0.29) is 25.8 Å². The molecule has 2 rings (SSSR count). The minimum absolute atomic E-state index is 0.123. The molecule has 0 radical (unpaired) electrons. The third kappa shape index (κ3) is 6.61. The lowest BCUT2D eigenvalue weighted by Crippen LogP contribution is -2.07. The van der Waals surface area contributed by atoms with E-state index in [1.54, 1.807) is 44.4 Å². The van der Waals surface area contributed by atoms with Crippen LogP contribution >= 0.6 is 23.2 Å². The largest absolute Gasteiger partial charge is 0.488 e. The van der Waals surface area contributed by atoms with Gasteiger partial charge >= 0.3 is 5.97 Å². The van der Waals surface area contributed by atoms with Crippen molar-refractivity contribution in [3.63, 3.8) is 0 Å². The number of aryl methyl sites for hydroxylation is 1. The monoisotopic (exact) mass is 412 g/mol. The molecule has 0 aliphatic rings. The summed E-state index contributed by atoms with van der Waals surface area (Å²) < 4.78 is 21.3. The summed E-state index contributed by atoms with van der Waals surface area (Å²) >= 11 is 12.4. The summed E-state index contributed by atoms with van der Waals surface area (Å²) in [5.41, 5.74) is 1.55. The topological polar surface area (TPSA) is 54.0 Å². The van der Waals surface area contributed by atoms with Crippen LogP contribution in [0.3, 0.4) is 0 Å². The van der Waals surface area contributed by atoms with Gasteiger partial charge in [-0.15, -0.1) is 0 Å². The van der Waals surface area contributed by atoms with Crippen LogP contribution in [0.1, 0.15) is 24.5 Å². The normalized spacial score (nSPS) is 10.5. The molecule has 0 aliphatic carbocycles. The maximum atomic E-state index is 11.7. The van der Waals surface area contributed by atoms with Crippen LogP contribution in [0.5, 0.6) is 11.5 Å². The Balaban J connectivity index is 2.17. The molecule has 2 aromatic carbocycles. The van der Waals surface area contributed by atoms with E-state index in [4.69, 9.17) is 42.1 Å². The predicted molar refractivity (Wildman–Crippen MR) is 105 cm³/mol. The minimum atomic E-state index is -0.252. The van der Waals surface area contributed by atoms with Crippen LogP contribution in [-0.2, 0) is 27.3 Å². The molecule has 0 amide bonds. The summed E-state index contributed by atoms with van der Waals surface area (Å²) in [6, 6.07) is 10.7. The molecule has 27 heavy (non-hydrogen) atoms. The van der Waals surface area contributed by atoms with Gasteiger partial charge in [0.05, 0.1) is 6.61 Å². The number of hydrogen-bond donors (Lipinski definition) is 0. The van der Waals surface area contributed by atoms with E-state index in [9.17, 15) is 4.79 Å². The Hall–Kier alpha value is -1.95.